The molecule has 0 aromatic heterocycles. The second-order valence-electron chi connectivity index (χ2n) is 10.9. The molecule has 2 atom stereocenters. The first kappa shape index (κ1) is 31.1. The zero-order chi connectivity index (χ0) is 27.8. The van der Waals surface area contributed by atoms with Crippen molar-refractivity contribution in [3.05, 3.63) is 63.1 Å². The van der Waals surface area contributed by atoms with Crippen LogP contribution in [0.3, 0.4) is 0 Å². The summed E-state index contributed by atoms with van der Waals surface area (Å²) in [6.07, 6.45) is 0.681. The summed E-state index contributed by atoms with van der Waals surface area (Å²) in [6, 6.07) is 12.5. The van der Waals surface area contributed by atoms with E-state index in [9.17, 15) is 15.2 Å². The van der Waals surface area contributed by atoms with Crippen molar-refractivity contribution in [1.82, 2.24) is 5.32 Å². The number of aliphatic hydroxyl groups is 1. The van der Waals surface area contributed by atoms with Crippen LogP contribution in [0.15, 0.2) is 36.4 Å². The van der Waals surface area contributed by atoms with Crippen LogP contribution >= 0.6 is 23.2 Å². The number of carbonyl (C=O) groups is 1. The Balaban J connectivity index is 2.23. The topological polar surface area (TPSA) is 91.6 Å². The Kier molecular flexibility index (Phi) is 11.5. The summed E-state index contributed by atoms with van der Waals surface area (Å²) < 4.78 is 12.2. The van der Waals surface area contributed by atoms with E-state index in [1.807, 2.05) is 19.1 Å². The van der Waals surface area contributed by atoms with Gasteiger partial charge in [-0.2, -0.15) is 5.26 Å². The Labute approximate surface area is 232 Å². The summed E-state index contributed by atoms with van der Waals surface area (Å²) in [5.74, 6) is -0.335. The quantitative estimate of drug-likeness (QED) is 0.276. The maximum Gasteiger partial charge on any atom is 0.255 e. The second-order valence-corrected chi connectivity index (χ2v) is 16.5. The van der Waals surface area contributed by atoms with Gasteiger partial charge in [0.05, 0.1) is 27.8 Å². The Bertz CT molecular complexity index is 1110. The molecule has 1 amide bonds. The predicted molar refractivity (Wildman–Crippen MR) is 152 cm³/mol. The molecule has 0 saturated carbocycles. The minimum Gasteiger partial charge on any atom is -0.491 e. The lowest BCUT2D eigenvalue weighted by Gasteiger charge is -2.36. The van der Waals surface area contributed by atoms with E-state index in [1.54, 1.807) is 24.3 Å². The average Bonchev–Trinajstić information content (AvgIpc) is 2.85. The Morgan fingerprint density at radius 3 is 2.49 bits per heavy atom. The number of ether oxygens (including phenoxy) is 1. The number of halogens is 2. The number of hydrogen-bond donors (Lipinski definition) is 2. The number of nitriles is 1. The zero-order valence-electron chi connectivity index (χ0n) is 22.5. The van der Waals surface area contributed by atoms with Gasteiger partial charge in [-0.15, -0.1) is 0 Å². The Hall–Kier alpha value is -2.08. The number of aliphatic hydroxyl groups excluding tert-OH is 1. The van der Waals surface area contributed by atoms with Gasteiger partial charge in [0.1, 0.15) is 11.8 Å². The number of nitrogens with zero attached hydrogens (tertiary/aromatic N) is 1. The fraction of sp³-hybridized carbons (Fsp3) is 0.500. The highest BCUT2D eigenvalue weighted by atomic mass is 35.5. The maximum atomic E-state index is 13.2. The van der Waals surface area contributed by atoms with Crippen molar-refractivity contribution < 1.29 is 19.1 Å². The van der Waals surface area contributed by atoms with Crippen LogP contribution in [0, 0.1) is 17.2 Å². The number of nitrogens with one attached hydrogen (secondary N) is 1. The zero-order valence-corrected chi connectivity index (χ0v) is 25.0. The molecule has 0 radical (unpaired) electrons. The maximum absolute atomic E-state index is 13.2. The van der Waals surface area contributed by atoms with E-state index in [4.69, 9.17) is 32.4 Å². The standard InChI is InChI=1S/C28H38Cl2N2O4Si/c1-19(17-33)18-35-26-21(15-31)8-7-9-23(26)27(34)32-16-22(20-10-11-24(29)25(30)14-20)12-13-36-37(5,6)28(2,3)4/h7-11,14,19,22,33H,12-13,16-18H2,1-6H3,(H,32,34)/t19-,22-/m1/s1. The smallest absolute Gasteiger partial charge is 0.255 e. The second kappa shape index (κ2) is 13.6. The van der Waals surface area contributed by atoms with Crippen molar-refractivity contribution in [1.29, 1.82) is 5.26 Å². The molecule has 0 aliphatic heterocycles. The third-order valence-corrected chi connectivity index (χ3v) is 12.1. The fourth-order valence-corrected chi connectivity index (χ4v) is 4.74. The summed E-state index contributed by atoms with van der Waals surface area (Å²) in [7, 11) is -1.93. The van der Waals surface area contributed by atoms with Gasteiger partial charge in [-0.05, 0) is 54.4 Å². The van der Waals surface area contributed by atoms with Gasteiger partial charge in [0.25, 0.3) is 5.91 Å². The third-order valence-electron chi connectivity index (χ3n) is 6.86. The molecule has 0 unspecified atom stereocenters. The van der Waals surface area contributed by atoms with Crippen LogP contribution < -0.4 is 10.1 Å². The van der Waals surface area contributed by atoms with E-state index in [2.05, 4.69) is 45.3 Å². The number of amides is 1. The number of rotatable bonds is 12. The molecule has 2 N–H and O–H groups in total. The number of hydrogen-bond acceptors (Lipinski definition) is 5. The van der Waals surface area contributed by atoms with Crippen molar-refractivity contribution in [2.45, 2.75) is 58.2 Å². The van der Waals surface area contributed by atoms with E-state index in [-0.39, 0.29) is 52.9 Å². The molecule has 0 spiro atoms. The molecule has 0 saturated heterocycles. The summed E-state index contributed by atoms with van der Waals surface area (Å²) in [6.45, 7) is 13.9. The highest BCUT2D eigenvalue weighted by molar-refractivity contribution is 6.74. The molecule has 0 aliphatic rings. The molecule has 6 nitrogen and oxygen atoms in total. The van der Waals surface area contributed by atoms with Crippen LogP contribution in [0.4, 0.5) is 0 Å². The molecule has 2 aromatic carbocycles. The summed E-state index contributed by atoms with van der Waals surface area (Å²) in [5.41, 5.74) is 1.49. The van der Waals surface area contributed by atoms with Gasteiger partial charge in [0.2, 0.25) is 0 Å². The highest BCUT2D eigenvalue weighted by Crippen LogP contribution is 2.37. The lowest BCUT2D eigenvalue weighted by Crippen LogP contribution is -2.41. The van der Waals surface area contributed by atoms with Crippen LogP contribution in [0.2, 0.25) is 28.2 Å². The summed E-state index contributed by atoms with van der Waals surface area (Å²) >= 11 is 12.4. The van der Waals surface area contributed by atoms with Gasteiger partial charge >= 0.3 is 0 Å². The minimum atomic E-state index is -1.93. The number of para-hydroxylation sites is 1. The molecule has 2 aromatic rings. The van der Waals surface area contributed by atoms with Gasteiger partial charge < -0.3 is 19.6 Å². The molecular formula is C28H38Cl2N2O4Si. The average molecular weight is 566 g/mol. The molecule has 0 heterocycles. The van der Waals surface area contributed by atoms with E-state index in [0.29, 0.717) is 29.6 Å². The largest absolute Gasteiger partial charge is 0.491 e. The predicted octanol–water partition coefficient (Wildman–Crippen LogP) is 6.80. The Morgan fingerprint density at radius 1 is 1.19 bits per heavy atom. The molecule has 0 bridgehead atoms. The molecule has 37 heavy (non-hydrogen) atoms. The van der Waals surface area contributed by atoms with Crippen molar-refractivity contribution in [3.8, 4) is 11.8 Å². The Morgan fingerprint density at radius 2 is 1.89 bits per heavy atom. The van der Waals surface area contributed by atoms with Gasteiger partial charge in [-0.1, -0.05) is 63.0 Å². The first-order valence-electron chi connectivity index (χ1n) is 12.4. The van der Waals surface area contributed by atoms with Crippen LogP contribution in [-0.2, 0) is 4.43 Å². The van der Waals surface area contributed by atoms with Crippen molar-refractivity contribution in [2.75, 3.05) is 26.4 Å². The van der Waals surface area contributed by atoms with Crippen molar-refractivity contribution in [3.63, 3.8) is 0 Å². The summed E-state index contributed by atoms with van der Waals surface area (Å²) in [5, 5.41) is 22.9. The van der Waals surface area contributed by atoms with Crippen molar-refractivity contribution in [2.24, 2.45) is 5.92 Å². The third kappa shape index (κ3) is 8.73. The first-order chi connectivity index (χ1) is 17.3. The fourth-order valence-electron chi connectivity index (χ4n) is 3.37. The SMILES string of the molecule is C[C@H](CO)COc1c(C#N)cccc1C(=O)NC[C@@H](CCO[Si](C)(C)C(C)(C)C)c1ccc(Cl)c(Cl)c1. The van der Waals surface area contributed by atoms with E-state index in [0.717, 1.165) is 5.56 Å². The van der Waals surface area contributed by atoms with Gasteiger partial charge in [0, 0.05) is 31.6 Å². The minimum absolute atomic E-state index is 0.0570. The molecule has 2 rings (SSSR count). The molecule has 202 valence electrons. The van der Waals surface area contributed by atoms with Gasteiger partial charge in [-0.25, -0.2) is 0 Å². The van der Waals surface area contributed by atoms with E-state index >= 15 is 0 Å². The molecule has 9 heteroatoms. The van der Waals surface area contributed by atoms with Gasteiger partial charge in [-0.3, -0.25) is 4.79 Å². The van der Waals surface area contributed by atoms with E-state index < -0.39 is 8.32 Å². The number of benzene rings is 2. The van der Waals surface area contributed by atoms with Crippen LogP contribution in [0.25, 0.3) is 0 Å². The molecular weight excluding hydrogens is 527 g/mol. The summed E-state index contributed by atoms with van der Waals surface area (Å²) in [4.78, 5) is 13.2. The molecule has 0 fully saturated rings. The van der Waals surface area contributed by atoms with Crippen LogP contribution in [0.5, 0.6) is 5.75 Å². The van der Waals surface area contributed by atoms with Crippen LogP contribution in [0.1, 0.15) is 61.5 Å². The van der Waals surface area contributed by atoms with Gasteiger partial charge in [0.15, 0.2) is 8.32 Å². The lowest BCUT2D eigenvalue weighted by molar-refractivity contribution is 0.0943. The number of carbonyl (C=O) groups excluding carboxylic acids is 1. The first-order valence-corrected chi connectivity index (χ1v) is 16.1. The monoisotopic (exact) mass is 564 g/mol. The van der Waals surface area contributed by atoms with Crippen molar-refractivity contribution >= 4 is 37.4 Å². The molecule has 0 aliphatic carbocycles. The normalized spacial score (nSPS) is 13.5. The highest BCUT2D eigenvalue weighted by Gasteiger charge is 2.37. The van der Waals surface area contributed by atoms with Crippen LogP contribution in [-0.4, -0.2) is 45.7 Å². The lowest BCUT2D eigenvalue weighted by atomic mass is 9.95. The van der Waals surface area contributed by atoms with E-state index in [1.165, 1.54) is 0 Å².